The van der Waals surface area contributed by atoms with Gasteiger partial charge in [0, 0.05) is 36.7 Å². The average molecular weight is 341 g/mol. The molecule has 0 radical (unpaired) electrons. The summed E-state index contributed by atoms with van der Waals surface area (Å²) in [4.78, 5) is 39.7. The molecule has 1 aromatic carbocycles. The fourth-order valence-corrected chi connectivity index (χ4v) is 2.07. The summed E-state index contributed by atoms with van der Waals surface area (Å²) >= 11 is 0. The maximum absolute atomic E-state index is 12.4. The van der Waals surface area contributed by atoms with Gasteiger partial charge in [0.25, 0.3) is 11.8 Å². The molecule has 1 aromatic heterocycles. The molecule has 0 aliphatic carbocycles. The Balaban J connectivity index is 2.09. The summed E-state index contributed by atoms with van der Waals surface area (Å²) in [5.74, 6) is -0.866. The molecule has 0 atom stereocenters. The maximum Gasteiger partial charge on any atom is 0.269 e. The zero-order valence-electron chi connectivity index (χ0n) is 14.0. The van der Waals surface area contributed by atoms with E-state index < -0.39 is 5.91 Å². The monoisotopic (exact) mass is 341 g/mol. The Morgan fingerprint density at radius 2 is 1.88 bits per heavy atom. The van der Waals surface area contributed by atoms with E-state index in [-0.39, 0.29) is 17.4 Å². The number of ketones is 1. The largest absolute Gasteiger partial charge is 0.383 e. The highest BCUT2D eigenvalue weighted by Crippen LogP contribution is 2.13. The van der Waals surface area contributed by atoms with Crippen molar-refractivity contribution in [3.05, 3.63) is 59.4 Å². The number of nitrogens with one attached hydrogen (secondary N) is 2. The number of carbonyl (C=O) groups excluding carboxylic acids is 3. The summed E-state index contributed by atoms with van der Waals surface area (Å²) in [5.41, 5.74) is 1.44. The molecule has 0 aliphatic rings. The Labute approximate surface area is 145 Å². The van der Waals surface area contributed by atoms with Gasteiger partial charge in [-0.25, -0.2) is 0 Å². The van der Waals surface area contributed by atoms with E-state index in [0.29, 0.717) is 30.0 Å². The van der Waals surface area contributed by atoms with Gasteiger partial charge in [-0.1, -0.05) is 12.1 Å². The summed E-state index contributed by atoms with van der Waals surface area (Å²) in [6, 6.07) is 9.56. The molecule has 0 bridgehead atoms. The quantitative estimate of drug-likeness (QED) is 0.592. The smallest absolute Gasteiger partial charge is 0.269 e. The van der Waals surface area contributed by atoms with Gasteiger partial charge >= 0.3 is 0 Å². The van der Waals surface area contributed by atoms with Crippen molar-refractivity contribution < 1.29 is 19.1 Å². The average Bonchev–Trinajstić information content (AvgIpc) is 2.62. The predicted octanol–water partition coefficient (Wildman–Crippen LogP) is 1.91. The van der Waals surface area contributed by atoms with Gasteiger partial charge in [0.1, 0.15) is 5.69 Å². The van der Waals surface area contributed by atoms with Crippen LogP contribution in [0.2, 0.25) is 0 Å². The van der Waals surface area contributed by atoms with Gasteiger partial charge in [0.2, 0.25) is 0 Å². The predicted molar refractivity (Wildman–Crippen MR) is 92.8 cm³/mol. The lowest BCUT2D eigenvalue weighted by molar-refractivity contribution is 0.0931. The number of hydrogen-bond acceptors (Lipinski definition) is 5. The number of Topliss-reactive ketones (excluding diaryl/α,β-unsaturated/α-hetero) is 1. The number of anilines is 1. The Hall–Kier alpha value is -3.06. The zero-order chi connectivity index (χ0) is 18.2. The molecule has 0 saturated carbocycles. The van der Waals surface area contributed by atoms with Crippen molar-refractivity contribution in [2.45, 2.75) is 6.92 Å². The summed E-state index contributed by atoms with van der Waals surface area (Å²) < 4.78 is 4.86. The van der Waals surface area contributed by atoms with Crippen LogP contribution < -0.4 is 10.6 Å². The highest BCUT2D eigenvalue weighted by Gasteiger charge is 2.12. The molecule has 2 amide bonds. The molecule has 1 heterocycles. The number of hydrogen-bond donors (Lipinski definition) is 2. The van der Waals surface area contributed by atoms with E-state index in [0.717, 1.165) is 0 Å². The lowest BCUT2D eigenvalue weighted by atomic mass is 10.1. The van der Waals surface area contributed by atoms with E-state index in [2.05, 4.69) is 15.6 Å². The number of carbonyl (C=O) groups is 3. The third kappa shape index (κ3) is 5.22. The van der Waals surface area contributed by atoms with Gasteiger partial charge in [0.15, 0.2) is 5.78 Å². The van der Waals surface area contributed by atoms with Gasteiger partial charge in [-0.3, -0.25) is 19.4 Å². The molecule has 0 aliphatic heterocycles. The van der Waals surface area contributed by atoms with Crippen LogP contribution in [-0.2, 0) is 4.74 Å². The van der Waals surface area contributed by atoms with Crippen molar-refractivity contribution in [3.8, 4) is 0 Å². The molecule has 2 N–H and O–H groups in total. The van der Waals surface area contributed by atoms with Crippen molar-refractivity contribution in [1.29, 1.82) is 0 Å². The molecule has 130 valence electrons. The minimum Gasteiger partial charge on any atom is -0.383 e. The SMILES string of the molecule is COCCNC(=O)c1cc(C(=O)Nc2cccc(C(C)=O)c2)ccn1. The molecule has 2 rings (SSSR count). The fraction of sp³-hybridized carbons (Fsp3) is 0.222. The Morgan fingerprint density at radius 1 is 1.08 bits per heavy atom. The minimum atomic E-state index is -0.394. The van der Waals surface area contributed by atoms with Crippen LogP contribution in [0.5, 0.6) is 0 Å². The molecule has 7 heteroatoms. The van der Waals surface area contributed by atoms with Crippen LogP contribution in [0.4, 0.5) is 5.69 Å². The van der Waals surface area contributed by atoms with Crippen molar-refractivity contribution in [2.75, 3.05) is 25.6 Å². The normalized spacial score (nSPS) is 10.2. The summed E-state index contributed by atoms with van der Waals surface area (Å²) in [7, 11) is 1.54. The second kappa shape index (κ2) is 8.70. The van der Waals surface area contributed by atoms with Crippen molar-refractivity contribution in [2.24, 2.45) is 0 Å². The van der Waals surface area contributed by atoms with Gasteiger partial charge in [-0.05, 0) is 31.2 Å². The van der Waals surface area contributed by atoms with Crippen LogP contribution in [0, 0.1) is 0 Å². The van der Waals surface area contributed by atoms with Crippen LogP contribution in [-0.4, -0.2) is 42.8 Å². The topological polar surface area (TPSA) is 97.4 Å². The van der Waals surface area contributed by atoms with Crippen LogP contribution in [0.3, 0.4) is 0 Å². The highest BCUT2D eigenvalue weighted by atomic mass is 16.5. The molecular weight excluding hydrogens is 322 g/mol. The first-order chi connectivity index (χ1) is 12.0. The van der Waals surface area contributed by atoms with Crippen LogP contribution in [0.1, 0.15) is 38.1 Å². The molecule has 7 nitrogen and oxygen atoms in total. The third-order valence-corrected chi connectivity index (χ3v) is 3.37. The second-order valence-electron chi connectivity index (χ2n) is 5.27. The molecule has 0 fully saturated rings. The number of rotatable bonds is 7. The molecule has 0 spiro atoms. The molecule has 2 aromatic rings. The fourth-order valence-electron chi connectivity index (χ4n) is 2.07. The highest BCUT2D eigenvalue weighted by molar-refractivity contribution is 6.06. The third-order valence-electron chi connectivity index (χ3n) is 3.37. The van der Waals surface area contributed by atoms with Gasteiger partial charge in [0.05, 0.1) is 6.61 Å². The first-order valence-corrected chi connectivity index (χ1v) is 7.67. The summed E-state index contributed by atoms with van der Waals surface area (Å²) in [6.45, 7) is 2.20. The standard InChI is InChI=1S/C18H19N3O4/c1-12(22)13-4-3-5-15(10-13)21-17(23)14-6-7-19-16(11-14)18(24)20-8-9-25-2/h3-7,10-11H,8-9H2,1-2H3,(H,20,24)(H,21,23). The summed E-state index contributed by atoms with van der Waals surface area (Å²) in [5, 5.41) is 5.34. The van der Waals surface area contributed by atoms with Gasteiger partial charge < -0.3 is 15.4 Å². The number of pyridine rings is 1. The van der Waals surface area contributed by atoms with E-state index in [4.69, 9.17) is 4.74 Å². The number of methoxy groups -OCH3 is 1. The molecule has 25 heavy (non-hydrogen) atoms. The van der Waals surface area contributed by atoms with E-state index in [1.807, 2.05) is 0 Å². The number of aromatic nitrogens is 1. The number of ether oxygens (including phenoxy) is 1. The van der Waals surface area contributed by atoms with E-state index in [1.54, 1.807) is 24.3 Å². The summed E-state index contributed by atoms with van der Waals surface area (Å²) in [6.07, 6.45) is 1.39. The first kappa shape index (κ1) is 18.3. The Kier molecular flexibility index (Phi) is 6.36. The Bertz CT molecular complexity index is 789. The lowest BCUT2D eigenvalue weighted by Gasteiger charge is -2.08. The lowest BCUT2D eigenvalue weighted by Crippen LogP contribution is -2.28. The van der Waals surface area contributed by atoms with Crippen molar-refractivity contribution in [1.82, 2.24) is 10.3 Å². The Morgan fingerprint density at radius 3 is 2.60 bits per heavy atom. The first-order valence-electron chi connectivity index (χ1n) is 7.67. The second-order valence-corrected chi connectivity index (χ2v) is 5.27. The van der Waals surface area contributed by atoms with Crippen LogP contribution >= 0.6 is 0 Å². The number of benzene rings is 1. The molecule has 0 saturated heterocycles. The van der Waals surface area contributed by atoms with Gasteiger partial charge in [-0.15, -0.1) is 0 Å². The van der Waals surface area contributed by atoms with Crippen LogP contribution in [0.15, 0.2) is 42.6 Å². The molecular formula is C18H19N3O4. The number of nitrogens with zero attached hydrogens (tertiary/aromatic N) is 1. The van der Waals surface area contributed by atoms with Crippen molar-refractivity contribution >= 4 is 23.3 Å². The van der Waals surface area contributed by atoms with E-state index >= 15 is 0 Å². The minimum absolute atomic E-state index is 0.0879. The van der Waals surface area contributed by atoms with Crippen LogP contribution in [0.25, 0.3) is 0 Å². The molecule has 0 unspecified atom stereocenters. The van der Waals surface area contributed by atoms with Gasteiger partial charge in [-0.2, -0.15) is 0 Å². The maximum atomic E-state index is 12.4. The van der Waals surface area contributed by atoms with E-state index in [1.165, 1.54) is 32.4 Å². The van der Waals surface area contributed by atoms with E-state index in [9.17, 15) is 14.4 Å². The zero-order valence-corrected chi connectivity index (χ0v) is 14.0. The van der Waals surface area contributed by atoms with Crippen molar-refractivity contribution in [3.63, 3.8) is 0 Å². The number of amides is 2.